The van der Waals surface area contributed by atoms with Crippen LogP contribution in [-0.4, -0.2) is 33.1 Å². The first-order valence-corrected chi connectivity index (χ1v) is 12.3. The molecule has 9 heteroatoms. The summed E-state index contributed by atoms with van der Waals surface area (Å²) in [6.45, 7) is 9.61. The summed E-state index contributed by atoms with van der Waals surface area (Å²) in [5, 5.41) is 11.1. The molecule has 0 bridgehead atoms. The average molecular weight is 500 g/mol. The molecule has 0 aliphatic carbocycles. The largest absolute Gasteiger partial charge is 0.366 e. The van der Waals surface area contributed by atoms with Crippen molar-refractivity contribution in [3.05, 3.63) is 73.1 Å². The number of non-ortho nitro benzene ring substituents is 1. The van der Waals surface area contributed by atoms with Crippen LogP contribution in [0.4, 0.5) is 16.2 Å². The lowest BCUT2D eigenvalue weighted by molar-refractivity contribution is -0.384. The van der Waals surface area contributed by atoms with Gasteiger partial charge in [0.1, 0.15) is 0 Å². The molecule has 2 amide bonds. The Balaban J connectivity index is 1.63. The molecule has 1 saturated heterocycles. The molecule has 4 rings (SSSR count). The van der Waals surface area contributed by atoms with Crippen LogP contribution in [0.15, 0.2) is 41.3 Å². The number of benzene rings is 2. The van der Waals surface area contributed by atoms with Crippen molar-refractivity contribution >= 4 is 52.0 Å². The monoisotopic (exact) mass is 499 g/mol. The van der Waals surface area contributed by atoms with E-state index in [2.05, 4.69) is 32.6 Å². The van der Waals surface area contributed by atoms with Crippen LogP contribution in [0.2, 0.25) is 5.02 Å². The van der Waals surface area contributed by atoms with Gasteiger partial charge in [-0.1, -0.05) is 30.7 Å². The molecule has 1 fully saturated rings. The molecule has 2 aliphatic rings. The number of nitro benzene ring substituents is 1. The van der Waals surface area contributed by atoms with Crippen molar-refractivity contribution in [1.29, 1.82) is 0 Å². The number of fused-ring (bicyclic) bond motifs is 1. The smallest absolute Gasteiger partial charge is 0.293 e. The van der Waals surface area contributed by atoms with Crippen LogP contribution in [0.1, 0.15) is 56.7 Å². The van der Waals surface area contributed by atoms with Crippen molar-refractivity contribution in [2.75, 3.05) is 11.4 Å². The first-order valence-electron chi connectivity index (χ1n) is 11.1. The molecule has 2 aromatic carbocycles. The SMILES string of the molecule is CCN1c2cc(Cl)c(/C=C3/SC(=O)N(Cc4cccc([N+](=O)[O-])c4)C3=O)cc2C(C)CC1(C)C. The van der Waals surface area contributed by atoms with E-state index in [1.165, 1.54) is 23.8 Å². The highest BCUT2D eigenvalue weighted by Crippen LogP contribution is 2.46. The maximum absolute atomic E-state index is 13.0. The minimum atomic E-state index is -0.503. The maximum Gasteiger partial charge on any atom is 0.293 e. The number of anilines is 1. The van der Waals surface area contributed by atoms with E-state index in [-0.39, 0.29) is 22.7 Å². The molecule has 178 valence electrons. The van der Waals surface area contributed by atoms with E-state index in [9.17, 15) is 19.7 Å². The lowest BCUT2D eigenvalue weighted by Crippen LogP contribution is -2.48. The van der Waals surface area contributed by atoms with Gasteiger partial charge in [-0.25, -0.2) is 0 Å². The second kappa shape index (κ2) is 9.07. The zero-order chi connectivity index (χ0) is 24.8. The topological polar surface area (TPSA) is 83.8 Å². The summed E-state index contributed by atoms with van der Waals surface area (Å²) in [4.78, 5) is 39.9. The fourth-order valence-electron chi connectivity index (χ4n) is 4.96. The van der Waals surface area contributed by atoms with Gasteiger partial charge in [0, 0.05) is 34.9 Å². The Kier molecular flexibility index (Phi) is 6.48. The molecule has 2 aromatic rings. The van der Waals surface area contributed by atoms with Crippen LogP contribution in [0, 0.1) is 10.1 Å². The van der Waals surface area contributed by atoms with E-state index in [0.29, 0.717) is 22.1 Å². The number of carbonyl (C=O) groups excluding carboxylic acids is 2. The standard InChI is InChI=1S/C25H26ClN3O4S/c1-5-28-21-12-20(26)17(10-19(21)15(2)13-25(28,3)4)11-22-23(30)27(24(31)34-22)14-16-7-6-8-18(9-16)29(32)33/h6-12,15H,5,13-14H2,1-4H3/b22-11+. The first kappa shape index (κ1) is 24.3. The molecular formula is C25H26ClN3O4S. The van der Waals surface area contributed by atoms with Gasteiger partial charge < -0.3 is 4.90 Å². The van der Waals surface area contributed by atoms with Crippen molar-refractivity contribution in [2.45, 2.75) is 52.1 Å². The highest BCUT2D eigenvalue weighted by Gasteiger charge is 2.37. The highest BCUT2D eigenvalue weighted by atomic mass is 35.5. The number of thioether (sulfide) groups is 1. The zero-order valence-electron chi connectivity index (χ0n) is 19.5. The van der Waals surface area contributed by atoms with Crippen LogP contribution in [0.5, 0.6) is 0 Å². The normalized spacial score (nSPS) is 20.7. The van der Waals surface area contributed by atoms with Crippen molar-refractivity contribution in [1.82, 2.24) is 4.90 Å². The number of rotatable bonds is 5. The summed E-state index contributed by atoms with van der Waals surface area (Å²) >= 11 is 7.50. The third kappa shape index (κ3) is 4.44. The average Bonchev–Trinajstić information content (AvgIpc) is 3.02. The van der Waals surface area contributed by atoms with Gasteiger partial charge in [-0.05, 0) is 79.8 Å². The molecule has 7 nitrogen and oxygen atoms in total. The molecule has 1 atom stereocenters. The third-order valence-electron chi connectivity index (χ3n) is 6.44. The second-order valence-corrected chi connectivity index (χ2v) is 10.7. The van der Waals surface area contributed by atoms with Crippen molar-refractivity contribution in [3.63, 3.8) is 0 Å². The number of carbonyl (C=O) groups is 2. The molecule has 0 radical (unpaired) electrons. The molecule has 2 aliphatic heterocycles. The van der Waals surface area contributed by atoms with Crippen LogP contribution >= 0.6 is 23.4 Å². The van der Waals surface area contributed by atoms with Crippen molar-refractivity contribution in [3.8, 4) is 0 Å². The fourth-order valence-corrected chi connectivity index (χ4v) is 6.00. The Morgan fingerprint density at radius 2 is 2.00 bits per heavy atom. The molecule has 34 heavy (non-hydrogen) atoms. The van der Waals surface area contributed by atoms with E-state index in [1.807, 2.05) is 12.1 Å². The minimum Gasteiger partial charge on any atom is -0.366 e. The van der Waals surface area contributed by atoms with Gasteiger partial charge in [-0.15, -0.1) is 0 Å². The molecule has 0 saturated carbocycles. The Labute approximate surface area is 207 Å². The van der Waals surface area contributed by atoms with Crippen LogP contribution < -0.4 is 4.90 Å². The van der Waals surface area contributed by atoms with Crippen LogP contribution in [0.25, 0.3) is 6.08 Å². The molecule has 0 N–H and O–H groups in total. The van der Waals surface area contributed by atoms with Gasteiger partial charge in [0.25, 0.3) is 16.8 Å². The van der Waals surface area contributed by atoms with Gasteiger partial charge in [-0.3, -0.25) is 24.6 Å². The van der Waals surface area contributed by atoms with Gasteiger partial charge in [-0.2, -0.15) is 0 Å². The Morgan fingerprint density at radius 1 is 1.26 bits per heavy atom. The van der Waals surface area contributed by atoms with Crippen molar-refractivity contribution in [2.24, 2.45) is 0 Å². The lowest BCUT2D eigenvalue weighted by Gasteiger charge is -2.47. The van der Waals surface area contributed by atoms with Gasteiger partial charge in [0.2, 0.25) is 0 Å². The molecule has 0 spiro atoms. The zero-order valence-corrected chi connectivity index (χ0v) is 21.1. The fraction of sp³-hybridized carbons (Fsp3) is 0.360. The molecule has 2 heterocycles. The first-order chi connectivity index (χ1) is 16.0. The third-order valence-corrected chi connectivity index (χ3v) is 7.68. The van der Waals surface area contributed by atoms with Gasteiger partial charge in [0.15, 0.2) is 0 Å². The van der Waals surface area contributed by atoms with E-state index < -0.39 is 16.1 Å². The van der Waals surface area contributed by atoms with E-state index in [0.717, 1.165) is 35.3 Å². The van der Waals surface area contributed by atoms with Crippen LogP contribution in [0.3, 0.4) is 0 Å². The van der Waals surface area contributed by atoms with Gasteiger partial charge >= 0.3 is 0 Å². The number of amides is 2. The predicted molar refractivity (Wildman–Crippen MR) is 136 cm³/mol. The molecule has 1 unspecified atom stereocenters. The summed E-state index contributed by atoms with van der Waals surface area (Å²) in [6, 6.07) is 9.92. The van der Waals surface area contributed by atoms with E-state index in [4.69, 9.17) is 11.6 Å². The number of imide groups is 1. The van der Waals surface area contributed by atoms with Crippen molar-refractivity contribution < 1.29 is 14.5 Å². The molecular weight excluding hydrogens is 474 g/mol. The Hall–Kier alpha value is -2.84. The summed E-state index contributed by atoms with van der Waals surface area (Å²) < 4.78 is 0. The number of hydrogen-bond acceptors (Lipinski definition) is 6. The number of hydrogen-bond donors (Lipinski definition) is 0. The maximum atomic E-state index is 13.0. The number of nitrogens with zero attached hydrogens (tertiary/aromatic N) is 3. The predicted octanol–water partition coefficient (Wildman–Crippen LogP) is 6.60. The van der Waals surface area contributed by atoms with Crippen LogP contribution in [-0.2, 0) is 11.3 Å². The van der Waals surface area contributed by atoms with E-state index >= 15 is 0 Å². The number of halogens is 1. The molecule has 0 aromatic heterocycles. The summed E-state index contributed by atoms with van der Waals surface area (Å²) in [5.74, 6) is -0.110. The van der Waals surface area contributed by atoms with E-state index in [1.54, 1.807) is 12.1 Å². The number of nitro groups is 1. The summed E-state index contributed by atoms with van der Waals surface area (Å²) in [6.07, 6.45) is 2.67. The summed E-state index contributed by atoms with van der Waals surface area (Å²) in [5.41, 5.74) is 3.42. The quantitative estimate of drug-likeness (QED) is 0.262. The van der Waals surface area contributed by atoms with Gasteiger partial charge in [0.05, 0.1) is 16.4 Å². The highest BCUT2D eigenvalue weighted by molar-refractivity contribution is 8.18. The second-order valence-electron chi connectivity index (χ2n) is 9.29. The summed E-state index contributed by atoms with van der Waals surface area (Å²) in [7, 11) is 0. The lowest BCUT2D eigenvalue weighted by atomic mass is 9.79. The Morgan fingerprint density at radius 3 is 2.68 bits per heavy atom. The minimum absolute atomic E-state index is 0.0151. The Bertz CT molecular complexity index is 1230.